The van der Waals surface area contributed by atoms with Crippen LogP contribution in [0, 0.1) is 5.92 Å². The molecule has 1 heterocycles. The number of hydrogen-bond acceptors (Lipinski definition) is 3. The molecule has 4 heteroatoms. The molecule has 1 rings (SSSR count). The van der Waals surface area contributed by atoms with E-state index in [0.29, 0.717) is 5.92 Å². The maximum Gasteiger partial charge on any atom is 0.157 e. The number of hydrogen-bond donors (Lipinski definition) is 1. The average Bonchev–Trinajstić information content (AvgIpc) is 2.70. The van der Waals surface area contributed by atoms with Crippen LogP contribution in [-0.2, 0) is 6.54 Å². The van der Waals surface area contributed by atoms with Crippen molar-refractivity contribution in [2.75, 3.05) is 6.54 Å². The predicted octanol–water partition coefficient (Wildman–Crippen LogP) is 2.69. The van der Waals surface area contributed by atoms with E-state index in [4.69, 9.17) is 4.74 Å². The van der Waals surface area contributed by atoms with Crippen LogP contribution in [0.2, 0.25) is 0 Å². The fourth-order valence-electron chi connectivity index (χ4n) is 1.57. The molecule has 1 unspecified atom stereocenters. The lowest BCUT2D eigenvalue weighted by Gasteiger charge is -2.27. The van der Waals surface area contributed by atoms with Gasteiger partial charge in [-0.1, -0.05) is 13.8 Å². The molecule has 1 N–H and O–H groups in total. The molecule has 0 bridgehead atoms. The van der Waals surface area contributed by atoms with Gasteiger partial charge in [-0.05, 0) is 33.6 Å². The van der Waals surface area contributed by atoms with E-state index in [9.17, 15) is 0 Å². The predicted molar refractivity (Wildman–Crippen MR) is 74.9 cm³/mol. The van der Waals surface area contributed by atoms with Gasteiger partial charge in [0.15, 0.2) is 5.75 Å². The van der Waals surface area contributed by atoms with Crippen molar-refractivity contribution in [3.8, 4) is 5.75 Å². The first-order valence-corrected chi connectivity index (χ1v) is 6.76. The molecular weight excluding hydrogens is 226 g/mol. The van der Waals surface area contributed by atoms with E-state index in [1.165, 1.54) is 0 Å². The summed E-state index contributed by atoms with van der Waals surface area (Å²) >= 11 is 0. The first-order valence-electron chi connectivity index (χ1n) is 6.76. The van der Waals surface area contributed by atoms with E-state index in [1.807, 2.05) is 10.9 Å². The van der Waals surface area contributed by atoms with Crippen LogP contribution >= 0.6 is 0 Å². The zero-order valence-electron chi connectivity index (χ0n) is 12.5. The molecular formula is C14H27N3O. The molecule has 0 aliphatic rings. The monoisotopic (exact) mass is 253 g/mol. The second kappa shape index (κ2) is 6.23. The summed E-state index contributed by atoms with van der Waals surface area (Å²) in [5.74, 6) is 1.32. The molecule has 1 aromatic heterocycles. The van der Waals surface area contributed by atoms with Crippen LogP contribution in [0.1, 0.15) is 41.5 Å². The van der Waals surface area contributed by atoms with Crippen molar-refractivity contribution < 1.29 is 4.74 Å². The van der Waals surface area contributed by atoms with Gasteiger partial charge >= 0.3 is 0 Å². The minimum absolute atomic E-state index is 0.115. The molecule has 0 aliphatic carbocycles. The first kappa shape index (κ1) is 15.0. The molecule has 18 heavy (non-hydrogen) atoms. The highest BCUT2D eigenvalue weighted by atomic mass is 16.5. The molecule has 0 spiro atoms. The van der Waals surface area contributed by atoms with Gasteiger partial charge in [-0.25, -0.2) is 0 Å². The lowest BCUT2D eigenvalue weighted by atomic mass is 10.0. The number of aryl methyl sites for hydroxylation is 1. The molecule has 1 aromatic rings. The quantitative estimate of drug-likeness (QED) is 0.847. The summed E-state index contributed by atoms with van der Waals surface area (Å²) in [7, 11) is 0. The first-order chi connectivity index (χ1) is 8.31. The maximum absolute atomic E-state index is 6.01. The smallest absolute Gasteiger partial charge is 0.157 e. The third-order valence-electron chi connectivity index (χ3n) is 2.80. The lowest BCUT2D eigenvalue weighted by Crippen LogP contribution is -2.44. The van der Waals surface area contributed by atoms with Gasteiger partial charge < -0.3 is 10.1 Å². The third kappa shape index (κ3) is 5.08. The highest BCUT2D eigenvalue weighted by Crippen LogP contribution is 2.15. The van der Waals surface area contributed by atoms with E-state index < -0.39 is 0 Å². The topological polar surface area (TPSA) is 39.1 Å². The molecule has 0 aromatic carbocycles. The Morgan fingerprint density at radius 3 is 2.50 bits per heavy atom. The van der Waals surface area contributed by atoms with E-state index in [-0.39, 0.29) is 11.6 Å². The van der Waals surface area contributed by atoms with E-state index in [1.54, 1.807) is 6.20 Å². The van der Waals surface area contributed by atoms with Crippen LogP contribution < -0.4 is 10.1 Å². The van der Waals surface area contributed by atoms with Crippen LogP contribution in [-0.4, -0.2) is 28.0 Å². The van der Waals surface area contributed by atoms with E-state index in [2.05, 4.69) is 52.0 Å². The summed E-state index contributed by atoms with van der Waals surface area (Å²) in [4.78, 5) is 0. The highest BCUT2D eigenvalue weighted by molar-refractivity contribution is 5.12. The van der Waals surface area contributed by atoms with E-state index in [0.717, 1.165) is 18.8 Å². The summed E-state index contributed by atoms with van der Waals surface area (Å²) in [6.45, 7) is 14.6. The molecule has 0 fully saturated rings. The van der Waals surface area contributed by atoms with Crippen molar-refractivity contribution >= 4 is 0 Å². The van der Waals surface area contributed by atoms with Gasteiger partial charge in [-0.3, -0.25) is 4.68 Å². The van der Waals surface area contributed by atoms with Crippen molar-refractivity contribution in [2.45, 2.75) is 59.7 Å². The summed E-state index contributed by atoms with van der Waals surface area (Å²) in [5.41, 5.74) is 0.115. The number of nitrogens with zero attached hydrogens (tertiary/aromatic N) is 2. The molecule has 0 aliphatic heterocycles. The van der Waals surface area contributed by atoms with Crippen molar-refractivity contribution in [1.29, 1.82) is 0 Å². The maximum atomic E-state index is 6.01. The lowest BCUT2D eigenvalue weighted by molar-refractivity contribution is 0.139. The minimum atomic E-state index is 0.115. The van der Waals surface area contributed by atoms with Crippen LogP contribution in [0.4, 0.5) is 0 Å². The molecule has 1 atom stereocenters. The Labute approximate surface area is 111 Å². The fourth-order valence-corrected chi connectivity index (χ4v) is 1.57. The Balaban J connectivity index is 2.57. The number of rotatable bonds is 6. The molecule has 0 amide bonds. The van der Waals surface area contributed by atoms with Gasteiger partial charge in [0.25, 0.3) is 0 Å². The Bertz CT molecular complexity index is 352. The van der Waals surface area contributed by atoms with Crippen molar-refractivity contribution in [2.24, 2.45) is 5.92 Å². The summed E-state index contributed by atoms with van der Waals surface area (Å²) < 4.78 is 7.89. The van der Waals surface area contributed by atoms with Crippen LogP contribution in [0.5, 0.6) is 5.75 Å². The molecule has 104 valence electrons. The second-order valence-corrected chi connectivity index (χ2v) is 6.06. The van der Waals surface area contributed by atoms with Gasteiger partial charge in [0.05, 0.1) is 12.4 Å². The number of nitrogens with one attached hydrogen (secondary N) is 1. The number of ether oxygens (including phenoxy) is 1. The molecule has 0 saturated heterocycles. The van der Waals surface area contributed by atoms with Crippen molar-refractivity contribution in [3.05, 3.63) is 12.4 Å². The Morgan fingerprint density at radius 2 is 2.06 bits per heavy atom. The second-order valence-electron chi connectivity index (χ2n) is 6.06. The summed E-state index contributed by atoms with van der Waals surface area (Å²) in [6, 6.07) is 0. The van der Waals surface area contributed by atoms with Gasteiger partial charge in [-0.15, -0.1) is 0 Å². The van der Waals surface area contributed by atoms with E-state index >= 15 is 0 Å². The largest absolute Gasteiger partial charge is 0.486 e. The van der Waals surface area contributed by atoms with Crippen molar-refractivity contribution in [3.63, 3.8) is 0 Å². The van der Waals surface area contributed by atoms with Crippen molar-refractivity contribution in [1.82, 2.24) is 15.1 Å². The molecule has 0 radical (unpaired) electrons. The zero-order valence-corrected chi connectivity index (χ0v) is 12.5. The fraction of sp³-hybridized carbons (Fsp3) is 0.786. The third-order valence-corrected chi connectivity index (χ3v) is 2.80. The molecule has 0 saturated carbocycles. The number of aromatic nitrogens is 2. The van der Waals surface area contributed by atoms with Crippen LogP contribution in [0.15, 0.2) is 12.4 Å². The standard InChI is InChI=1S/C14H27N3O/c1-7-17-10-12(8-16-17)18-13(11(2)3)9-15-14(4,5)6/h8,10-11,13,15H,7,9H2,1-6H3. The Hall–Kier alpha value is -1.03. The van der Waals surface area contributed by atoms with Gasteiger partial charge in [-0.2, -0.15) is 5.10 Å². The van der Waals surface area contributed by atoms with Gasteiger partial charge in [0.2, 0.25) is 0 Å². The highest BCUT2D eigenvalue weighted by Gasteiger charge is 2.19. The minimum Gasteiger partial charge on any atom is -0.486 e. The Morgan fingerprint density at radius 1 is 1.39 bits per heavy atom. The van der Waals surface area contributed by atoms with Crippen LogP contribution in [0.25, 0.3) is 0 Å². The summed E-state index contributed by atoms with van der Waals surface area (Å²) in [6.07, 6.45) is 3.90. The zero-order chi connectivity index (χ0) is 13.8. The van der Waals surface area contributed by atoms with Gasteiger partial charge in [0, 0.05) is 18.6 Å². The molecule has 4 nitrogen and oxygen atoms in total. The summed E-state index contributed by atoms with van der Waals surface area (Å²) in [5, 5.41) is 7.72. The SMILES string of the molecule is CCn1cc(OC(CNC(C)(C)C)C(C)C)cn1. The normalized spacial score (nSPS) is 13.9. The average molecular weight is 253 g/mol. The van der Waals surface area contributed by atoms with Crippen LogP contribution in [0.3, 0.4) is 0 Å². The Kier molecular flexibility index (Phi) is 5.20. The van der Waals surface area contributed by atoms with Gasteiger partial charge in [0.1, 0.15) is 6.10 Å².